The average Bonchev–Trinajstić information content (AvgIpc) is 3.17. The Balaban J connectivity index is 1.74. The Bertz CT molecular complexity index is 1530. The molecule has 0 aliphatic carbocycles. The van der Waals surface area contributed by atoms with Crippen LogP contribution in [0.15, 0.2) is 103 Å². The van der Waals surface area contributed by atoms with Crippen molar-refractivity contribution in [2.75, 3.05) is 0 Å². The minimum atomic E-state index is 0.745. The molecule has 6 aromatic rings. The lowest BCUT2D eigenvalue weighted by Gasteiger charge is -2.10. The molecule has 1 heterocycles. The number of aromatic nitrogens is 2. The van der Waals surface area contributed by atoms with Crippen LogP contribution in [0.1, 0.15) is 0 Å². The van der Waals surface area contributed by atoms with Gasteiger partial charge in [-0.05, 0) is 57.9 Å². The third-order valence-electron chi connectivity index (χ3n) is 5.62. The second-order valence-electron chi connectivity index (χ2n) is 7.47. The van der Waals surface area contributed by atoms with E-state index in [1.165, 1.54) is 16.2 Å². The molecular formula is C27H17ClN2. The number of halogens is 1. The maximum absolute atomic E-state index is 6.31. The van der Waals surface area contributed by atoms with Crippen LogP contribution in [-0.2, 0) is 0 Å². The number of rotatable bonds is 2. The molecule has 0 atom stereocenters. The van der Waals surface area contributed by atoms with Crippen molar-refractivity contribution in [1.82, 2.24) is 9.55 Å². The molecule has 0 aliphatic rings. The highest BCUT2D eigenvalue weighted by Crippen LogP contribution is 2.34. The topological polar surface area (TPSA) is 17.8 Å². The van der Waals surface area contributed by atoms with Gasteiger partial charge in [0, 0.05) is 16.3 Å². The normalized spacial score (nSPS) is 11.5. The molecule has 1 aromatic heterocycles. The molecular weight excluding hydrogens is 388 g/mol. The fourth-order valence-electron chi connectivity index (χ4n) is 4.22. The maximum atomic E-state index is 6.31. The summed E-state index contributed by atoms with van der Waals surface area (Å²) in [5.74, 6) is 0.939. The van der Waals surface area contributed by atoms with E-state index in [1.807, 2.05) is 24.3 Å². The van der Waals surface area contributed by atoms with Crippen LogP contribution in [0.5, 0.6) is 0 Å². The van der Waals surface area contributed by atoms with Gasteiger partial charge in [-0.1, -0.05) is 78.3 Å². The predicted octanol–water partition coefficient (Wildman–Crippen LogP) is 7.65. The van der Waals surface area contributed by atoms with Gasteiger partial charge in [-0.3, -0.25) is 4.57 Å². The molecule has 0 unspecified atom stereocenters. The molecule has 0 saturated heterocycles. The van der Waals surface area contributed by atoms with Gasteiger partial charge in [0.25, 0.3) is 0 Å². The fraction of sp³-hybridized carbons (Fsp3) is 0. The first kappa shape index (κ1) is 17.3. The van der Waals surface area contributed by atoms with Gasteiger partial charge < -0.3 is 0 Å². The highest BCUT2D eigenvalue weighted by molar-refractivity contribution is 6.32. The predicted molar refractivity (Wildman–Crippen MR) is 127 cm³/mol. The zero-order valence-corrected chi connectivity index (χ0v) is 16.8. The van der Waals surface area contributed by atoms with Gasteiger partial charge in [0.2, 0.25) is 0 Å². The van der Waals surface area contributed by atoms with Crippen LogP contribution in [0.2, 0.25) is 5.02 Å². The summed E-state index contributed by atoms with van der Waals surface area (Å²) in [6.07, 6.45) is 0. The Morgan fingerprint density at radius 1 is 0.633 bits per heavy atom. The first-order valence-electron chi connectivity index (χ1n) is 9.93. The van der Waals surface area contributed by atoms with Crippen molar-refractivity contribution in [1.29, 1.82) is 0 Å². The van der Waals surface area contributed by atoms with E-state index in [1.54, 1.807) is 0 Å². The van der Waals surface area contributed by atoms with Crippen LogP contribution in [0.3, 0.4) is 0 Å². The fourth-order valence-corrected chi connectivity index (χ4v) is 4.39. The number of fused-ring (bicyclic) bond motifs is 4. The third kappa shape index (κ3) is 2.69. The average molecular weight is 405 g/mol. The van der Waals surface area contributed by atoms with Gasteiger partial charge in [-0.2, -0.15) is 0 Å². The summed E-state index contributed by atoms with van der Waals surface area (Å²) in [5, 5.41) is 5.41. The van der Waals surface area contributed by atoms with Crippen LogP contribution in [-0.4, -0.2) is 9.55 Å². The minimum absolute atomic E-state index is 0.745. The van der Waals surface area contributed by atoms with Gasteiger partial charge >= 0.3 is 0 Å². The Morgan fingerprint density at radius 3 is 2.10 bits per heavy atom. The molecule has 0 amide bonds. The lowest BCUT2D eigenvalue weighted by Crippen LogP contribution is -1.97. The van der Waals surface area contributed by atoms with Crippen LogP contribution in [0.4, 0.5) is 0 Å². The highest BCUT2D eigenvalue weighted by Gasteiger charge is 2.15. The lowest BCUT2D eigenvalue weighted by molar-refractivity contribution is 1.10. The van der Waals surface area contributed by atoms with Crippen molar-refractivity contribution in [3.63, 3.8) is 0 Å². The smallest absolute Gasteiger partial charge is 0.145 e. The molecule has 142 valence electrons. The number of nitrogens with zero attached hydrogens (tertiary/aromatic N) is 2. The summed E-state index contributed by atoms with van der Waals surface area (Å²) >= 11 is 6.31. The first-order valence-corrected chi connectivity index (χ1v) is 10.3. The monoisotopic (exact) mass is 404 g/mol. The van der Waals surface area contributed by atoms with E-state index in [2.05, 4.69) is 83.4 Å². The molecule has 0 spiro atoms. The summed E-state index contributed by atoms with van der Waals surface area (Å²) < 4.78 is 2.24. The number of benzene rings is 5. The van der Waals surface area contributed by atoms with Crippen molar-refractivity contribution in [3.05, 3.63) is 108 Å². The first-order chi connectivity index (χ1) is 14.8. The van der Waals surface area contributed by atoms with Gasteiger partial charge in [-0.25, -0.2) is 4.98 Å². The number of imidazole rings is 1. The van der Waals surface area contributed by atoms with E-state index in [9.17, 15) is 0 Å². The molecule has 3 heteroatoms. The van der Waals surface area contributed by atoms with Crippen LogP contribution in [0.25, 0.3) is 49.7 Å². The van der Waals surface area contributed by atoms with Gasteiger partial charge in [0.05, 0.1) is 11.0 Å². The third-order valence-corrected chi connectivity index (χ3v) is 5.86. The van der Waals surface area contributed by atoms with E-state index in [0.29, 0.717) is 0 Å². The Hall–Kier alpha value is -3.62. The largest absolute Gasteiger partial charge is 0.292 e. The molecule has 0 aliphatic heterocycles. The van der Waals surface area contributed by atoms with Crippen LogP contribution >= 0.6 is 11.6 Å². The van der Waals surface area contributed by atoms with E-state index >= 15 is 0 Å². The molecule has 0 saturated carbocycles. The zero-order chi connectivity index (χ0) is 20.1. The molecule has 0 N–H and O–H groups in total. The standard InChI is InChI=1S/C27H17ClN2/c28-21-14-13-18-11-12-20-15-26-25(17-24(20)23(18)16-21)29-27(19-7-3-1-4-8-19)30(26)22-9-5-2-6-10-22/h1-17H. The zero-order valence-electron chi connectivity index (χ0n) is 16.1. The van der Waals surface area contributed by atoms with Gasteiger partial charge in [-0.15, -0.1) is 0 Å². The van der Waals surface area contributed by atoms with E-state index in [4.69, 9.17) is 16.6 Å². The number of hydrogen-bond acceptors (Lipinski definition) is 1. The Morgan fingerprint density at radius 2 is 1.30 bits per heavy atom. The van der Waals surface area contributed by atoms with Gasteiger partial charge in [0.15, 0.2) is 0 Å². The summed E-state index contributed by atoms with van der Waals surface area (Å²) in [6, 6.07) is 35.6. The summed E-state index contributed by atoms with van der Waals surface area (Å²) in [5.41, 5.74) is 4.25. The van der Waals surface area contributed by atoms with E-state index in [-0.39, 0.29) is 0 Å². The Kier molecular flexibility index (Phi) is 3.87. The minimum Gasteiger partial charge on any atom is -0.292 e. The van der Waals surface area contributed by atoms with Crippen molar-refractivity contribution in [2.24, 2.45) is 0 Å². The van der Waals surface area contributed by atoms with Crippen LogP contribution in [0, 0.1) is 0 Å². The summed E-state index contributed by atoms with van der Waals surface area (Å²) in [6.45, 7) is 0. The van der Waals surface area contributed by atoms with Crippen molar-refractivity contribution in [2.45, 2.75) is 0 Å². The Labute approximate surface area is 179 Å². The van der Waals surface area contributed by atoms with E-state index in [0.717, 1.165) is 38.5 Å². The SMILES string of the molecule is Clc1ccc2ccc3cc4c(cc3c2c1)nc(-c1ccccc1)n4-c1ccccc1. The summed E-state index contributed by atoms with van der Waals surface area (Å²) in [7, 11) is 0. The second-order valence-corrected chi connectivity index (χ2v) is 7.90. The number of hydrogen-bond donors (Lipinski definition) is 0. The summed E-state index contributed by atoms with van der Waals surface area (Å²) in [4.78, 5) is 5.07. The van der Waals surface area contributed by atoms with Crippen molar-refractivity contribution in [3.8, 4) is 17.1 Å². The number of para-hydroxylation sites is 1. The van der Waals surface area contributed by atoms with Crippen molar-refractivity contribution < 1.29 is 0 Å². The maximum Gasteiger partial charge on any atom is 0.145 e. The molecule has 6 rings (SSSR count). The molecule has 0 bridgehead atoms. The molecule has 5 aromatic carbocycles. The highest BCUT2D eigenvalue weighted by atomic mass is 35.5. The van der Waals surface area contributed by atoms with Gasteiger partial charge in [0.1, 0.15) is 5.82 Å². The quantitative estimate of drug-likeness (QED) is 0.271. The molecule has 0 radical (unpaired) electrons. The molecule has 2 nitrogen and oxygen atoms in total. The van der Waals surface area contributed by atoms with E-state index < -0.39 is 0 Å². The van der Waals surface area contributed by atoms with Crippen molar-refractivity contribution >= 4 is 44.2 Å². The second kappa shape index (κ2) is 6.72. The molecule has 0 fully saturated rings. The lowest BCUT2D eigenvalue weighted by atomic mass is 10.0. The van der Waals surface area contributed by atoms with Crippen LogP contribution < -0.4 is 0 Å². The molecule has 30 heavy (non-hydrogen) atoms.